The van der Waals surface area contributed by atoms with Crippen LogP contribution in [0.5, 0.6) is 0 Å². The Hall–Kier alpha value is -2.71. The summed E-state index contributed by atoms with van der Waals surface area (Å²) in [6.07, 6.45) is 0. The van der Waals surface area contributed by atoms with Crippen LogP contribution in [0.15, 0.2) is 42.5 Å². The minimum atomic E-state index is -0.951. The Balaban J connectivity index is 2.13. The van der Waals surface area contributed by atoms with E-state index < -0.39 is 5.97 Å². The Bertz CT molecular complexity index is 862. The largest absolute Gasteiger partial charge is 0.478 e. The third-order valence-electron chi connectivity index (χ3n) is 2.87. The maximum Gasteiger partial charge on any atom is 0.335 e. The van der Waals surface area contributed by atoms with Crippen molar-refractivity contribution in [2.45, 2.75) is 0 Å². The number of nitriles is 1. The molecule has 5 heteroatoms. The first-order chi connectivity index (χ1) is 9.67. The average Bonchev–Trinajstić information content (AvgIpc) is 2.90. The van der Waals surface area contributed by atoms with Crippen molar-refractivity contribution in [1.29, 1.82) is 5.26 Å². The molecule has 0 unspecified atom stereocenters. The fourth-order valence-corrected chi connectivity index (χ4v) is 2.90. The van der Waals surface area contributed by atoms with Crippen molar-refractivity contribution in [3.63, 3.8) is 0 Å². The van der Waals surface area contributed by atoms with E-state index in [1.165, 1.54) is 11.3 Å². The smallest absolute Gasteiger partial charge is 0.335 e. The Morgan fingerprint density at radius 1 is 1.25 bits per heavy atom. The van der Waals surface area contributed by atoms with Gasteiger partial charge in [0.25, 0.3) is 0 Å². The van der Waals surface area contributed by atoms with Gasteiger partial charge < -0.3 is 5.11 Å². The standard InChI is InChI=1S/C15H8N2O2S/c16-8-9-2-1-3-10(6-9)14-17-12-5-4-11(15(18)19)7-13(12)20-14/h1-7H,(H,18,19). The van der Waals surface area contributed by atoms with E-state index in [0.29, 0.717) is 5.56 Å². The Labute approximate surface area is 118 Å². The van der Waals surface area contributed by atoms with Crippen LogP contribution in [-0.2, 0) is 0 Å². The number of fused-ring (bicyclic) bond motifs is 1. The molecule has 2 aromatic carbocycles. The summed E-state index contributed by atoms with van der Waals surface area (Å²) in [6, 6.07) is 14.2. The molecular weight excluding hydrogens is 272 g/mol. The fourth-order valence-electron chi connectivity index (χ4n) is 1.90. The van der Waals surface area contributed by atoms with Gasteiger partial charge in [-0.3, -0.25) is 0 Å². The van der Waals surface area contributed by atoms with Crippen molar-refractivity contribution < 1.29 is 9.90 Å². The molecule has 0 saturated carbocycles. The van der Waals surface area contributed by atoms with Crippen LogP contribution in [0.1, 0.15) is 15.9 Å². The third kappa shape index (κ3) is 2.13. The highest BCUT2D eigenvalue weighted by Gasteiger charge is 2.09. The van der Waals surface area contributed by atoms with Gasteiger partial charge in [-0.05, 0) is 30.3 Å². The second kappa shape index (κ2) is 4.76. The molecule has 20 heavy (non-hydrogen) atoms. The van der Waals surface area contributed by atoms with E-state index in [1.54, 1.807) is 30.3 Å². The van der Waals surface area contributed by atoms with Crippen LogP contribution in [-0.4, -0.2) is 16.1 Å². The van der Waals surface area contributed by atoms with E-state index in [2.05, 4.69) is 11.1 Å². The Morgan fingerprint density at radius 2 is 2.10 bits per heavy atom. The predicted octanol–water partition coefficient (Wildman–Crippen LogP) is 3.53. The topological polar surface area (TPSA) is 74.0 Å². The van der Waals surface area contributed by atoms with Gasteiger partial charge in [-0.2, -0.15) is 5.26 Å². The molecule has 0 aliphatic carbocycles. The number of benzene rings is 2. The molecular formula is C15H8N2O2S. The summed E-state index contributed by atoms with van der Waals surface area (Å²) in [4.78, 5) is 15.4. The molecule has 1 heterocycles. The van der Waals surface area contributed by atoms with Crippen LogP contribution in [0.25, 0.3) is 20.8 Å². The summed E-state index contributed by atoms with van der Waals surface area (Å²) in [6.45, 7) is 0. The molecule has 3 rings (SSSR count). The van der Waals surface area contributed by atoms with E-state index >= 15 is 0 Å². The second-order valence-corrected chi connectivity index (χ2v) is 5.23. The number of aromatic nitrogens is 1. The van der Waals surface area contributed by atoms with Gasteiger partial charge in [0.1, 0.15) is 5.01 Å². The van der Waals surface area contributed by atoms with E-state index in [0.717, 1.165) is 20.8 Å². The first-order valence-electron chi connectivity index (χ1n) is 5.82. The monoisotopic (exact) mass is 280 g/mol. The van der Waals surface area contributed by atoms with Crippen LogP contribution in [0.4, 0.5) is 0 Å². The minimum Gasteiger partial charge on any atom is -0.478 e. The second-order valence-electron chi connectivity index (χ2n) is 4.20. The van der Waals surface area contributed by atoms with Crippen LogP contribution in [0, 0.1) is 11.3 Å². The molecule has 0 spiro atoms. The highest BCUT2D eigenvalue weighted by atomic mass is 32.1. The molecule has 3 aromatic rings. The maximum atomic E-state index is 11.0. The molecule has 1 aromatic heterocycles. The fraction of sp³-hybridized carbons (Fsp3) is 0. The average molecular weight is 280 g/mol. The zero-order valence-electron chi connectivity index (χ0n) is 10.2. The lowest BCUT2D eigenvalue weighted by Gasteiger charge is -1.95. The van der Waals surface area contributed by atoms with E-state index in [9.17, 15) is 4.79 Å². The number of hydrogen-bond donors (Lipinski definition) is 1. The molecule has 96 valence electrons. The molecule has 0 fully saturated rings. The quantitative estimate of drug-likeness (QED) is 0.779. The number of hydrogen-bond acceptors (Lipinski definition) is 4. The highest BCUT2D eigenvalue weighted by Crippen LogP contribution is 2.31. The molecule has 1 N–H and O–H groups in total. The summed E-state index contributed by atoms with van der Waals surface area (Å²) >= 11 is 1.42. The molecule has 0 amide bonds. The van der Waals surface area contributed by atoms with Crippen LogP contribution in [0.2, 0.25) is 0 Å². The summed E-state index contributed by atoms with van der Waals surface area (Å²) in [7, 11) is 0. The van der Waals surface area contributed by atoms with Gasteiger partial charge >= 0.3 is 5.97 Å². The normalized spacial score (nSPS) is 10.3. The van der Waals surface area contributed by atoms with Crippen molar-refractivity contribution in [3.05, 3.63) is 53.6 Å². The molecule has 0 aliphatic heterocycles. The van der Waals surface area contributed by atoms with Crippen LogP contribution >= 0.6 is 11.3 Å². The number of nitrogens with zero attached hydrogens (tertiary/aromatic N) is 2. The number of carboxylic acid groups (broad SMARTS) is 1. The van der Waals surface area contributed by atoms with E-state index in [-0.39, 0.29) is 5.56 Å². The van der Waals surface area contributed by atoms with Crippen molar-refractivity contribution in [2.24, 2.45) is 0 Å². The molecule has 4 nitrogen and oxygen atoms in total. The summed E-state index contributed by atoms with van der Waals surface area (Å²) in [5.41, 5.74) is 2.45. The summed E-state index contributed by atoms with van der Waals surface area (Å²) in [5.74, 6) is -0.951. The molecule has 0 bridgehead atoms. The SMILES string of the molecule is N#Cc1cccc(-c2nc3ccc(C(=O)O)cc3s2)c1. The summed E-state index contributed by atoms with van der Waals surface area (Å²) in [5, 5.41) is 18.7. The van der Waals surface area contributed by atoms with Gasteiger partial charge in [0.2, 0.25) is 0 Å². The number of carboxylic acids is 1. The first kappa shape index (κ1) is 12.3. The number of thiazole rings is 1. The number of carbonyl (C=O) groups is 1. The van der Waals surface area contributed by atoms with Crippen LogP contribution in [0.3, 0.4) is 0 Å². The van der Waals surface area contributed by atoms with Gasteiger partial charge in [-0.15, -0.1) is 11.3 Å². The number of rotatable bonds is 2. The predicted molar refractivity (Wildman–Crippen MR) is 76.7 cm³/mol. The molecule has 0 radical (unpaired) electrons. The molecule has 0 saturated heterocycles. The summed E-state index contributed by atoms with van der Waals surface area (Å²) < 4.78 is 0.822. The van der Waals surface area contributed by atoms with Crippen LogP contribution < -0.4 is 0 Å². The van der Waals surface area contributed by atoms with Gasteiger partial charge in [-0.25, -0.2) is 9.78 Å². The molecule has 0 aliphatic rings. The molecule has 0 atom stereocenters. The Kier molecular flexibility index (Phi) is 2.93. The van der Waals surface area contributed by atoms with E-state index in [1.807, 2.05) is 12.1 Å². The third-order valence-corrected chi connectivity index (χ3v) is 3.94. The van der Waals surface area contributed by atoms with Gasteiger partial charge in [0.15, 0.2) is 0 Å². The van der Waals surface area contributed by atoms with Gasteiger partial charge in [-0.1, -0.05) is 12.1 Å². The lowest BCUT2D eigenvalue weighted by atomic mass is 10.1. The number of aromatic carboxylic acids is 1. The van der Waals surface area contributed by atoms with Gasteiger partial charge in [0.05, 0.1) is 27.4 Å². The van der Waals surface area contributed by atoms with Crippen molar-refractivity contribution >= 4 is 27.5 Å². The van der Waals surface area contributed by atoms with Gasteiger partial charge in [0, 0.05) is 5.56 Å². The lowest BCUT2D eigenvalue weighted by Crippen LogP contribution is -1.94. The van der Waals surface area contributed by atoms with Crippen molar-refractivity contribution in [3.8, 4) is 16.6 Å². The maximum absolute atomic E-state index is 11.0. The first-order valence-corrected chi connectivity index (χ1v) is 6.63. The zero-order chi connectivity index (χ0) is 14.1. The minimum absolute atomic E-state index is 0.249. The Morgan fingerprint density at radius 3 is 2.85 bits per heavy atom. The zero-order valence-corrected chi connectivity index (χ0v) is 11.0. The lowest BCUT2D eigenvalue weighted by molar-refractivity contribution is 0.0697. The van der Waals surface area contributed by atoms with Crippen molar-refractivity contribution in [1.82, 2.24) is 4.98 Å². The highest BCUT2D eigenvalue weighted by molar-refractivity contribution is 7.21. The van der Waals surface area contributed by atoms with E-state index in [4.69, 9.17) is 10.4 Å². The van der Waals surface area contributed by atoms with Crippen molar-refractivity contribution in [2.75, 3.05) is 0 Å².